The largest absolute Gasteiger partial charge is 0.492 e. The molecule has 1 aromatic rings. The molecule has 1 N–H and O–H groups in total. The predicted molar refractivity (Wildman–Crippen MR) is 82.9 cm³/mol. The molecule has 0 radical (unpaired) electrons. The summed E-state index contributed by atoms with van der Waals surface area (Å²) >= 11 is 0. The van der Waals surface area contributed by atoms with Crippen molar-refractivity contribution in [2.24, 2.45) is 11.8 Å². The molecular weight excluding hydrogens is 248 g/mol. The molecule has 0 saturated heterocycles. The molecule has 0 aromatic carbocycles. The molecule has 2 rings (SSSR count). The summed E-state index contributed by atoms with van der Waals surface area (Å²) in [4.78, 5) is 4.36. The van der Waals surface area contributed by atoms with Crippen LogP contribution >= 0.6 is 0 Å². The summed E-state index contributed by atoms with van der Waals surface area (Å²) in [7, 11) is 0. The minimum Gasteiger partial charge on any atom is -0.492 e. The molecule has 3 nitrogen and oxygen atoms in total. The Kier molecular flexibility index (Phi) is 5.84. The Morgan fingerprint density at radius 1 is 1.35 bits per heavy atom. The second-order valence-electron chi connectivity index (χ2n) is 6.00. The molecule has 0 bridgehead atoms. The highest BCUT2D eigenvalue weighted by Crippen LogP contribution is 2.39. The monoisotopic (exact) mass is 276 g/mol. The van der Waals surface area contributed by atoms with E-state index >= 15 is 0 Å². The van der Waals surface area contributed by atoms with Gasteiger partial charge in [-0.2, -0.15) is 0 Å². The normalized spacial score (nSPS) is 23.8. The standard InChI is InChI=1S/C17H28N2O/c1-4-8-19-17(14-7-6-13(3)9-14)15-10-16(20-5-2)12-18-11-15/h10-14,17,19H,4-9H2,1-3H3. The van der Waals surface area contributed by atoms with Gasteiger partial charge in [-0.15, -0.1) is 0 Å². The minimum absolute atomic E-state index is 0.424. The average molecular weight is 276 g/mol. The van der Waals surface area contributed by atoms with Gasteiger partial charge >= 0.3 is 0 Å². The Balaban J connectivity index is 2.14. The van der Waals surface area contributed by atoms with Gasteiger partial charge in [-0.1, -0.05) is 20.3 Å². The van der Waals surface area contributed by atoms with Crippen molar-refractivity contribution < 1.29 is 4.74 Å². The van der Waals surface area contributed by atoms with E-state index in [2.05, 4.69) is 30.2 Å². The van der Waals surface area contributed by atoms with E-state index in [1.165, 1.54) is 24.8 Å². The second kappa shape index (κ2) is 7.63. The number of pyridine rings is 1. The molecule has 3 heteroatoms. The van der Waals surface area contributed by atoms with E-state index in [0.717, 1.165) is 30.6 Å². The van der Waals surface area contributed by atoms with Gasteiger partial charge in [0.15, 0.2) is 0 Å². The third-order valence-corrected chi connectivity index (χ3v) is 4.23. The van der Waals surface area contributed by atoms with Crippen molar-refractivity contribution in [3.63, 3.8) is 0 Å². The highest BCUT2D eigenvalue weighted by molar-refractivity contribution is 5.26. The summed E-state index contributed by atoms with van der Waals surface area (Å²) in [6, 6.07) is 2.58. The SMILES string of the molecule is CCCNC(c1cncc(OCC)c1)C1CCC(C)C1. The fourth-order valence-corrected chi connectivity index (χ4v) is 3.26. The number of nitrogens with one attached hydrogen (secondary N) is 1. The lowest BCUT2D eigenvalue weighted by atomic mass is 9.91. The van der Waals surface area contributed by atoms with Gasteiger partial charge < -0.3 is 10.1 Å². The number of rotatable bonds is 7. The minimum atomic E-state index is 0.424. The summed E-state index contributed by atoms with van der Waals surface area (Å²) in [5, 5.41) is 3.72. The fourth-order valence-electron chi connectivity index (χ4n) is 3.26. The van der Waals surface area contributed by atoms with Gasteiger partial charge in [-0.05, 0) is 56.2 Å². The van der Waals surface area contributed by atoms with Crippen LogP contribution in [0.1, 0.15) is 58.1 Å². The number of nitrogens with zero attached hydrogens (tertiary/aromatic N) is 1. The lowest BCUT2D eigenvalue weighted by molar-refractivity contribution is 0.332. The van der Waals surface area contributed by atoms with Crippen LogP contribution in [0.3, 0.4) is 0 Å². The van der Waals surface area contributed by atoms with E-state index < -0.39 is 0 Å². The quantitative estimate of drug-likeness (QED) is 0.818. The van der Waals surface area contributed by atoms with Crippen molar-refractivity contribution in [2.45, 2.75) is 52.5 Å². The first kappa shape index (κ1) is 15.3. The maximum absolute atomic E-state index is 5.59. The summed E-state index contributed by atoms with van der Waals surface area (Å²) in [6.45, 7) is 8.35. The van der Waals surface area contributed by atoms with Gasteiger partial charge in [-0.25, -0.2) is 0 Å². The molecule has 112 valence electrons. The summed E-state index contributed by atoms with van der Waals surface area (Å²) < 4.78 is 5.59. The molecule has 0 spiro atoms. The van der Waals surface area contributed by atoms with E-state index in [4.69, 9.17) is 4.74 Å². The zero-order valence-electron chi connectivity index (χ0n) is 13.1. The van der Waals surface area contributed by atoms with Crippen LogP contribution in [0.4, 0.5) is 0 Å². The second-order valence-corrected chi connectivity index (χ2v) is 6.00. The number of aromatic nitrogens is 1. The van der Waals surface area contributed by atoms with Crippen LogP contribution in [-0.2, 0) is 0 Å². The maximum Gasteiger partial charge on any atom is 0.137 e. The van der Waals surface area contributed by atoms with E-state index in [9.17, 15) is 0 Å². The van der Waals surface area contributed by atoms with Gasteiger partial charge in [0.2, 0.25) is 0 Å². The van der Waals surface area contributed by atoms with E-state index in [0.29, 0.717) is 12.6 Å². The van der Waals surface area contributed by atoms with E-state index in [1.54, 1.807) is 6.20 Å². The van der Waals surface area contributed by atoms with Crippen LogP contribution in [0.5, 0.6) is 5.75 Å². The van der Waals surface area contributed by atoms with Crippen molar-refractivity contribution in [2.75, 3.05) is 13.2 Å². The van der Waals surface area contributed by atoms with Crippen molar-refractivity contribution in [1.82, 2.24) is 10.3 Å². The smallest absolute Gasteiger partial charge is 0.137 e. The first-order chi connectivity index (χ1) is 9.74. The summed E-state index contributed by atoms with van der Waals surface area (Å²) in [5.74, 6) is 2.48. The van der Waals surface area contributed by atoms with E-state index in [-0.39, 0.29) is 0 Å². The molecule has 0 aliphatic heterocycles. The van der Waals surface area contributed by atoms with Crippen molar-refractivity contribution in [3.05, 3.63) is 24.0 Å². The topological polar surface area (TPSA) is 34.2 Å². The first-order valence-corrected chi connectivity index (χ1v) is 8.05. The molecular formula is C17H28N2O. The highest BCUT2D eigenvalue weighted by atomic mass is 16.5. The van der Waals surface area contributed by atoms with Crippen molar-refractivity contribution >= 4 is 0 Å². The Morgan fingerprint density at radius 2 is 2.20 bits per heavy atom. The lowest BCUT2D eigenvalue weighted by Crippen LogP contribution is -2.28. The molecule has 1 saturated carbocycles. The van der Waals surface area contributed by atoms with Gasteiger partial charge in [0.25, 0.3) is 0 Å². The van der Waals surface area contributed by atoms with Crippen LogP contribution in [0.15, 0.2) is 18.5 Å². The molecule has 0 amide bonds. The van der Waals surface area contributed by atoms with Crippen LogP contribution in [-0.4, -0.2) is 18.1 Å². The number of ether oxygens (including phenoxy) is 1. The van der Waals surface area contributed by atoms with Gasteiger partial charge in [0.1, 0.15) is 5.75 Å². The van der Waals surface area contributed by atoms with E-state index in [1.807, 2.05) is 13.1 Å². The lowest BCUT2D eigenvalue weighted by Gasteiger charge is -2.25. The summed E-state index contributed by atoms with van der Waals surface area (Å²) in [5.41, 5.74) is 1.28. The zero-order valence-corrected chi connectivity index (χ0v) is 13.1. The Labute approximate surface area is 123 Å². The van der Waals surface area contributed by atoms with Crippen molar-refractivity contribution in [3.8, 4) is 5.75 Å². The van der Waals surface area contributed by atoms with Crippen LogP contribution < -0.4 is 10.1 Å². The highest BCUT2D eigenvalue weighted by Gasteiger charge is 2.29. The van der Waals surface area contributed by atoms with Gasteiger partial charge in [-0.3, -0.25) is 4.98 Å². The summed E-state index contributed by atoms with van der Waals surface area (Å²) in [6.07, 6.45) is 8.96. The Bertz CT molecular complexity index is 408. The van der Waals surface area contributed by atoms with Gasteiger partial charge in [0, 0.05) is 12.2 Å². The fraction of sp³-hybridized carbons (Fsp3) is 0.706. The molecule has 20 heavy (non-hydrogen) atoms. The third kappa shape index (κ3) is 3.95. The molecule has 1 aliphatic carbocycles. The van der Waals surface area contributed by atoms with Crippen LogP contribution in [0, 0.1) is 11.8 Å². The maximum atomic E-state index is 5.59. The Hall–Kier alpha value is -1.09. The Morgan fingerprint density at radius 3 is 2.85 bits per heavy atom. The predicted octanol–water partition coefficient (Wildman–Crippen LogP) is 3.96. The molecule has 3 unspecified atom stereocenters. The number of hydrogen-bond donors (Lipinski definition) is 1. The third-order valence-electron chi connectivity index (χ3n) is 4.23. The molecule has 1 aliphatic rings. The van der Waals surface area contributed by atoms with Crippen molar-refractivity contribution in [1.29, 1.82) is 0 Å². The molecule has 3 atom stereocenters. The molecule has 1 fully saturated rings. The molecule has 1 aromatic heterocycles. The first-order valence-electron chi connectivity index (χ1n) is 8.05. The average Bonchev–Trinajstić information content (AvgIpc) is 2.87. The van der Waals surface area contributed by atoms with Crippen LogP contribution in [0.25, 0.3) is 0 Å². The van der Waals surface area contributed by atoms with Gasteiger partial charge in [0.05, 0.1) is 12.8 Å². The number of hydrogen-bond acceptors (Lipinski definition) is 3. The molecule has 1 heterocycles. The van der Waals surface area contributed by atoms with Crippen LogP contribution in [0.2, 0.25) is 0 Å². The zero-order chi connectivity index (χ0) is 14.4.